The molecule has 0 spiro atoms. The van der Waals surface area contributed by atoms with Gasteiger partial charge in [-0.15, -0.1) is 11.3 Å². The van der Waals surface area contributed by atoms with Crippen molar-refractivity contribution in [3.63, 3.8) is 0 Å². The molecule has 6 nitrogen and oxygen atoms in total. The van der Waals surface area contributed by atoms with Crippen LogP contribution in [-0.4, -0.2) is 33.2 Å². The lowest BCUT2D eigenvalue weighted by Gasteiger charge is -2.18. The van der Waals surface area contributed by atoms with Crippen LogP contribution in [0.15, 0.2) is 18.2 Å². The molecule has 1 aliphatic carbocycles. The number of amides is 1. The summed E-state index contributed by atoms with van der Waals surface area (Å²) in [5.41, 5.74) is 1.81. The zero-order chi connectivity index (χ0) is 19.6. The van der Waals surface area contributed by atoms with E-state index in [0.29, 0.717) is 33.5 Å². The van der Waals surface area contributed by atoms with Gasteiger partial charge in [-0.25, -0.2) is 4.79 Å². The van der Waals surface area contributed by atoms with Gasteiger partial charge in [0.1, 0.15) is 5.00 Å². The molecule has 7 heteroatoms. The summed E-state index contributed by atoms with van der Waals surface area (Å²) >= 11 is 1.45. The van der Waals surface area contributed by atoms with Gasteiger partial charge in [-0.3, -0.25) is 4.79 Å². The van der Waals surface area contributed by atoms with Crippen molar-refractivity contribution >= 4 is 28.2 Å². The highest BCUT2D eigenvalue weighted by molar-refractivity contribution is 7.17. The van der Waals surface area contributed by atoms with Gasteiger partial charge in [0.2, 0.25) is 0 Å². The molecule has 0 saturated heterocycles. The molecule has 27 heavy (non-hydrogen) atoms. The highest BCUT2D eigenvalue weighted by Crippen LogP contribution is 2.40. The zero-order valence-electron chi connectivity index (χ0n) is 15.9. The Morgan fingerprint density at radius 2 is 1.96 bits per heavy atom. The van der Waals surface area contributed by atoms with Crippen molar-refractivity contribution in [1.82, 2.24) is 0 Å². The quantitative estimate of drug-likeness (QED) is 0.785. The summed E-state index contributed by atoms with van der Waals surface area (Å²) in [7, 11) is 4.36. The van der Waals surface area contributed by atoms with Crippen molar-refractivity contribution in [2.45, 2.75) is 26.2 Å². The van der Waals surface area contributed by atoms with E-state index in [9.17, 15) is 9.59 Å². The number of nitrogens with one attached hydrogen (secondary N) is 1. The molecule has 0 fully saturated rings. The minimum atomic E-state index is -0.421. The Bertz CT molecular complexity index is 873. The maximum absolute atomic E-state index is 12.9. The summed E-state index contributed by atoms with van der Waals surface area (Å²) in [5.74, 6) is 0.603. The van der Waals surface area contributed by atoms with E-state index in [2.05, 4.69) is 12.2 Å². The molecule has 1 aromatic carbocycles. The van der Waals surface area contributed by atoms with Crippen molar-refractivity contribution in [3.05, 3.63) is 39.8 Å². The Morgan fingerprint density at radius 3 is 2.63 bits per heavy atom. The minimum absolute atomic E-state index is 0.340. The monoisotopic (exact) mass is 389 g/mol. The number of esters is 1. The van der Waals surface area contributed by atoms with Crippen molar-refractivity contribution in [2.75, 3.05) is 26.6 Å². The lowest BCUT2D eigenvalue weighted by molar-refractivity contribution is 0.0601. The molecule has 1 heterocycles. The van der Waals surface area contributed by atoms with Crippen LogP contribution in [0.5, 0.6) is 11.5 Å². The van der Waals surface area contributed by atoms with Crippen LogP contribution in [-0.2, 0) is 17.6 Å². The number of rotatable bonds is 5. The summed E-state index contributed by atoms with van der Waals surface area (Å²) in [6.07, 6.45) is 2.74. The Hall–Kier alpha value is -2.54. The molecule has 2 aromatic rings. The van der Waals surface area contributed by atoms with E-state index >= 15 is 0 Å². The first-order chi connectivity index (χ1) is 13.0. The van der Waals surface area contributed by atoms with E-state index < -0.39 is 5.97 Å². The van der Waals surface area contributed by atoms with Crippen LogP contribution in [0.1, 0.15) is 44.5 Å². The normalized spacial score (nSPS) is 15.6. The van der Waals surface area contributed by atoms with Crippen LogP contribution >= 0.6 is 11.3 Å². The maximum Gasteiger partial charge on any atom is 0.341 e. The number of carbonyl (C=O) groups excluding carboxylic acids is 2. The number of anilines is 1. The molecule has 1 atom stereocenters. The Balaban J connectivity index is 1.99. The molecule has 0 unspecified atom stereocenters. The molecule has 0 aliphatic heterocycles. The fraction of sp³-hybridized carbons (Fsp3) is 0.400. The van der Waals surface area contributed by atoms with Gasteiger partial charge in [-0.05, 0) is 42.9 Å². The number of hydrogen-bond acceptors (Lipinski definition) is 6. The van der Waals surface area contributed by atoms with Crippen LogP contribution in [0, 0.1) is 5.92 Å². The van der Waals surface area contributed by atoms with E-state index in [1.54, 1.807) is 18.2 Å². The summed E-state index contributed by atoms with van der Waals surface area (Å²) in [5, 5.41) is 3.41. The molecule has 1 aliphatic rings. The lowest BCUT2D eigenvalue weighted by atomic mass is 9.88. The van der Waals surface area contributed by atoms with E-state index in [1.165, 1.54) is 32.7 Å². The van der Waals surface area contributed by atoms with E-state index in [1.807, 2.05) is 0 Å². The fourth-order valence-corrected chi connectivity index (χ4v) is 4.79. The van der Waals surface area contributed by atoms with E-state index in [4.69, 9.17) is 14.2 Å². The molecule has 0 bridgehead atoms. The number of methoxy groups -OCH3 is 3. The average Bonchev–Trinajstić information content (AvgIpc) is 3.03. The molecule has 0 radical (unpaired) electrons. The summed E-state index contributed by atoms with van der Waals surface area (Å²) in [4.78, 5) is 26.4. The van der Waals surface area contributed by atoms with Gasteiger partial charge in [0, 0.05) is 4.88 Å². The standard InChI is InChI=1S/C20H23NO5S/c1-11-8-9-12-15(10-11)27-19(16(12)20(23)26-4)21-18(22)13-6-5-7-14(24-2)17(13)25-3/h5-7,11H,8-10H2,1-4H3,(H,21,22)/t11-/m1/s1. The maximum atomic E-state index is 12.9. The number of benzene rings is 1. The smallest absolute Gasteiger partial charge is 0.341 e. The molecular formula is C20H23NO5S. The third-order valence-electron chi connectivity index (χ3n) is 4.78. The van der Waals surface area contributed by atoms with Gasteiger partial charge in [0.15, 0.2) is 11.5 Å². The molecule has 1 aromatic heterocycles. The van der Waals surface area contributed by atoms with Gasteiger partial charge >= 0.3 is 5.97 Å². The summed E-state index contributed by atoms with van der Waals surface area (Å²) in [6.45, 7) is 2.19. The van der Waals surface area contributed by atoms with Crippen LogP contribution in [0.2, 0.25) is 0 Å². The number of para-hydroxylation sites is 1. The van der Waals surface area contributed by atoms with E-state index in [-0.39, 0.29) is 5.91 Å². The van der Waals surface area contributed by atoms with E-state index in [0.717, 1.165) is 29.7 Å². The van der Waals surface area contributed by atoms with Crippen molar-refractivity contribution in [3.8, 4) is 11.5 Å². The predicted molar refractivity (Wildman–Crippen MR) is 104 cm³/mol. The van der Waals surface area contributed by atoms with Crippen molar-refractivity contribution in [1.29, 1.82) is 0 Å². The van der Waals surface area contributed by atoms with Gasteiger partial charge in [-0.2, -0.15) is 0 Å². The first kappa shape index (κ1) is 19.2. The predicted octanol–water partition coefficient (Wildman–Crippen LogP) is 3.93. The first-order valence-electron chi connectivity index (χ1n) is 8.75. The minimum Gasteiger partial charge on any atom is -0.493 e. The number of fused-ring (bicyclic) bond motifs is 1. The molecular weight excluding hydrogens is 366 g/mol. The van der Waals surface area contributed by atoms with Crippen LogP contribution in [0.25, 0.3) is 0 Å². The highest BCUT2D eigenvalue weighted by Gasteiger charge is 2.29. The second kappa shape index (κ2) is 8.00. The topological polar surface area (TPSA) is 73.9 Å². The molecule has 0 saturated carbocycles. The van der Waals surface area contributed by atoms with Crippen LogP contribution in [0.3, 0.4) is 0 Å². The van der Waals surface area contributed by atoms with Crippen LogP contribution < -0.4 is 14.8 Å². The first-order valence-corrected chi connectivity index (χ1v) is 9.57. The number of hydrogen-bond donors (Lipinski definition) is 1. The Morgan fingerprint density at radius 1 is 1.19 bits per heavy atom. The third-order valence-corrected chi connectivity index (χ3v) is 5.95. The second-order valence-electron chi connectivity index (χ2n) is 6.54. The van der Waals surface area contributed by atoms with Gasteiger partial charge in [-0.1, -0.05) is 13.0 Å². The van der Waals surface area contributed by atoms with Crippen LogP contribution in [0.4, 0.5) is 5.00 Å². The lowest BCUT2D eigenvalue weighted by Crippen LogP contribution is -2.16. The summed E-state index contributed by atoms with van der Waals surface area (Å²) in [6, 6.07) is 5.10. The van der Waals surface area contributed by atoms with Crippen molar-refractivity contribution in [2.24, 2.45) is 5.92 Å². The van der Waals surface area contributed by atoms with Gasteiger partial charge < -0.3 is 19.5 Å². The second-order valence-corrected chi connectivity index (χ2v) is 7.65. The SMILES string of the molecule is COC(=O)c1c(NC(=O)c2cccc(OC)c2OC)sc2c1CC[C@@H](C)C2. The number of carbonyl (C=O) groups is 2. The molecule has 1 amide bonds. The third kappa shape index (κ3) is 3.64. The zero-order valence-corrected chi connectivity index (χ0v) is 16.7. The summed E-state index contributed by atoms with van der Waals surface area (Å²) < 4.78 is 15.6. The van der Waals surface area contributed by atoms with Crippen molar-refractivity contribution < 1.29 is 23.8 Å². The van der Waals surface area contributed by atoms with Gasteiger partial charge in [0.25, 0.3) is 5.91 Å². The number of thiophene rings is 1. The average molecular weight is 389 g/mol. The Labute approximate surface area is 162 Å². The molecule has 3 rings (SSSR count). The fourth-order valence-electron chi connectivity index (χ4n) is 3.39. The number of ether oxygens (including phenoxy) is 3. The Kier molecular flexibility index (Phi) is 5.70. The highest BCUT2D eigenvalue weighted by atomic mass is 32.1. The largest absolute Gasteiger partial charge is 0.493 e. The molecule has 144 valence electrons. The molecule has 1 N–H and O–H groups in total. The van der Waals surface area contributed by atoms with Gasteiger partial charge in [0.05, 0.1) is 32.5 Å².